The quantitative estimate of drug-likeness (QED) is 0.864. The summed E-state index contributed by atoms with van der Waals surface area (Å²) in [7, 11) is 0. The summed E-state index contributed by atoms with van der Waals surface area (Å²) in [4.78, 5) is 26.6. The van der Waals surface area contributed by atoms with Crippen molar-refractivity contribution in [2.24, 2.45) is 5.92 Å². The lowest BCUT2D eigenvalue weighted by atomic mass is 9.90. The second-order valence-corrected chi connectivity index (χ2v) is 6.59. The van der Waals surface area contributed by atoms with E-state index in [9.17, 15) is 9.59 Å². The lowest BCUT2D eigenvalue weighted by molar-refractivity contribution is -0.159. The molecule has 1 spiro atoms. The average molecular weight is 296 g/mol. The van der Waals surface area contributed by atoms with Gasteiger partial charge in [-0.15, -0.1) is 0 Å². The minimum Gasteiger partial charge on any atom is -0.354 e. The molecule has 1 unspecified atom stereocenters. The van der Waals surface area contributed by atoms with Crippen molar-refractivity contribution in [2.45, 2.75) is 71.1 Å². The van der Waals surface area contributed by atoms with E-state index < -0.39 is 11.8 Å². The number of hydrogen-bond acceptors (Lipinski definition) is 3. The fourth-order valence-electron chi connectivity index (χ4n) is 3.34. The predicted octanol–water partition coefficient (Wildman–Crippen LogP) is 2.06. The molecule has 2 fully saturated rings. The van der Waals surface area contributed by atoms with Crippen LogP contribution in [0.3, 0.4) is 0 Å². The molecule has 1 heterocycles. The Kier molecular flexibility index (Phi) is 5.25. The number of hydrogen-bond donors (Lipinski definition) is 1. The van der Waals surface area contributed by atoms with Crippen LogP contribution in [0.4, 0.5) is 0 Å². The standard InChI is InChI=1S/C16H28N2O3/c1-4-14(19)18-13(15(20)17-10-12(2)3)11-21-16(18)8-6-5-7-9-16/h12-13H,4-11H2,1-3H3,(H,17,20). The molecule has 1 saturated heterocycles. The third kappa shape index (κ3) is 3.39. The van der Waals surface area contributed by atoms with Crippen molar-refractivity contribution < 1.29 is 14.3 Å². The summed E-state index contributed by atoms with van der Waals surface area (Å²) in [5.74, 6) is 0.349. The molecule has 5 nitrogen and oxygen atoms in total. The minimum absolute atomic E-state index is 0.0269. The largest absolute Gasteiger partial charge is 0.354 e. The molecule has 1 saturated carbocycles. The van der Waals surface area contributed by atoms with Gasteiger partial charge in [-0.25, -0.2) is 0 Å². The van der Waals surface area contributed by atoms with E-state index in [1.165, 1.54) is 6.42 Å². The Hall–Kier alpha value is -1.10. The number of nitrogens with zero attached hydrogens (tertiary/aromatic N) is 1. The van der Waals surface area contributed by atoms with Crippen LogP contribution < -0.4 is 5.32 Å². The highest BCUT2D eigenvalue weighted by Crippen LogP contribution is 2.40. The van der Waals surface area contributed by atoms with Crippen molar-refractivity contribution in [3.05, 3.63) is 0 Å². The topological polar surface area (TPSA) is 58.6 Å². The van der Waals surface area contributed by atoms with E-state index >= 15 is 0 Å². The molecule has 1 atom stereocenters. The summed E-state index contributed by atoms with van der Waals surface area (Å²) >= 11 is 0. The molecule has 5 heteroatoms. The number of amides is 2. The molecular formula is C16H28N2O3. The maximum absolute atomic E-state index is 12.4. The second kappa shape index (κ2) is 6.77. The normalized spacial score (nSPS) is 24.6. The van der Waals surface area contributed by atoms with E-state index in [0.29, 0.717) is 25.5 Å². The van der Waals surface area contributed by atoms with Crippen LogP contribution in [0.25, 0.3) is 0 Å². The van der Waals surface area contributed by atoms with Crippen molar-refractivity contribution in [1.29, 1.82) is 0 Å². The van der Waals surface area contributed by atoms with Crippen LogP contribution in [0.2, 0.25) is 0 Å². The van der Waals surface area contributed by atoms with E-state index in [-0.39, 0.29) is 11.8 Å². The van der Waals surface area contributed by atoms with Gasteiger partial charge in [-0.3, -0.25) is 14.5 Å². The molecule has 0 bridgehead atoms. The summed E-state index contributed by atoms with van der Waals surface area (Å²) in [6.07, 6.45) is 5.43. The van der Waals surface area contributed by atoms with Gasteiger partial charge in [-0.05, 0) is 31.6 Å². The molecule has 2 amide bonds. The zero-order chi connectivity index (χ0) is 15.5. The van der Waals surface area contributed by atoms with E-state index in [2.05, 4.69) is 19.2 Å². The fourth-order valence-corrected chi connectivity index (χ4v) is 3.34. The van der Waals surface area contributed by atoms with Gasteiger partial charge in [-0.1, -0.05) is 27.2 Å². The van der Waals surface area contributed by atoms with Gasteiger partial charge in [-0.2, -0.15) is 0 Å². The molecule has 21 heavy (non-hydrogen) atoms. The van der Waals surface area contributed by atoms with Gasteiger partial charge in [0.15, 0.2) is 0 Å². The summed E-state index contributed by atoms with van der Waals surface area (Å²) in [5.41, 5.74) is -0.523. The molecule has 1 aliphatic heterocycles. The monoisotopic (exact) mass is 296 g/mol. The molecule has 1 aliphatic carbocycles. The van der Waals surface area contributed by atoms with Gasteiger partial charge in [0.05, 0.1) is 6.61 Å². The second-order valence-electron chi connectivity index (χ2n) is 6.59. The number of carbonyl (C=O) groups excluding carboxylic acids is 2. The Morgan fingerprint density at radius 2 is 1.95 bits per heavy atom. The Morgan fingerprint density at radius 3 is 2.52 bits per heavy atom. The van der Waals surface area contributed by atoms with Crippen molar-refractivity contribution in [3.63, 3.8) is 0 Å². The lowest BCUT2D eigenvalue weighted by Crippen LogP contribution is -2.56. The summed E-state index contributed by atoms with van der Waals surface area (Å²) < 4.78 is 6.00. The Bertz CT molecular complexity index is 389. The average Bonchev–Trinajstić information content (AvgIpc) is 2.83. The Labute approximate surface area is 127 Å². The smallest absolute Gasteiger partial charge is 0.245 e. The lowest BCUT2D eigenvalue weighted by Gasteiger charge is -2.41. The van der Waals surface area contributed by atoms with Gasteiger partial charge >= 0.3 is 0 Å². The van der Waals surface area contributed by atoms with Crippen LogP contribution in [0.15, 0.2) is 0 Å². The molecule has 120 valence electrons. The molecule has 0 aromatic heterocycles. The fraction of sp³-hybridized carbons (Fsp3) is 0.875. The first-order valence-electron chi connectivity index (χ1n) is 8.24. The van der Waals surface area contributed by atoms with Crippen LogP contribution in [0, 0.1) is 5.92 Å². The van der Waals surface area contributed by atoms with Crippen LogP contribution in [-0.4, -0.2) is 41.6 Å². The predicted molar refractivity (Wildman–Crippen MR) is 80.5 cm³/mol. The number of carbonyl (C=O) groups is 2. The zero-order valence-corrected chi connectivity index (χ0v) is 13.5. The zero-order valence-electron chi connectivity index (χ0n) is 13.5. The van der Waals surface area contributed by atoms with Crippen molar-refractivity contribution in [1.82, 2.24) is 10.2 Å². The Morgan fingerprint density at radius 1 is 1.29 bits per heavy atom. The third-order valence-electron chi connectivity index (χ3n) is 4.45. The van der Waals surface area contributed by atoms with Gasteiger partial charge in [0.2, 0.25) is 11.8 Å². The van der Waals surface area contributed by atoms with Gasteiger partial charge in [0.1, 0.15) is 11.8 Å². The van der Waals surface area contributed by atoms with Crippen molar-refractivity contribution in [3.8, 4) is 0 Å². The number of rotatable bonds is 4. The first-order chi connectivity index (χ1) is 10.00. The van der Waals surface area contributed by atoms with Crippen LogP contribution in [0.1, 0.15) is 59.3 Å². The molecule has 0 aromatic rings. The molecule has 0 aromatic carbocycles. The molecule has 2 rings (SSSR count). The summed E-state index contributed by atoms with van der Waals surface area (Å²) in [6.45, 7) is 6.93. The van der Waals surface area contributed by atoms with Gasteiger partial charge in [0, 0.05) is 13.0 Å². The highest BCUT2D eigenvalue weighted by molar-refractivity contribution is 5.88. The first kappa shape index (κ1) is 16.3. The van der Waals surface area contributed by atoms with E-state index in [0.717, 1.165) is 25.7 Å². The van der Waals surface area contributed by atoms with Crippen molar-refractivity contribution in [2.75, 3.05) is 13.2 Å². The SMILES string of the molecule is CCC(=O)N1C(C(=O)NCC(C)C)COC12CCCCC2. The number of nitrogens with one attached hydrogen (secondary N) is 1. The van der Waals surface area contributed by atoms with Gasteiger partial charge < -0.3 is 10.1 Å². The molecule has 0 radical (unpaired) electrons. The highest BCUT2D eigenvalue weighted by Gasteiger charge is 2.52. The van der Waals surface area contributed by atoms with Crippen LogP contribution >= 0.6 is 0 Å². The maximum Gasteiger partial charge on any atom is 0.245 e. The van der Waals surface area contributed by atoms with Crippen LogP contribution in [0.5, 0.6) is 0 Å². The summed E-state index contributed by atoms with van der Waals surface area (Å²) in [5, 5.41) is 2.94. The van der Waals surface area contributed by atoms with E-state index in [1.807, 2.05) is 6.92 Å². The first-order valence-corrected chi connectivity index (χ1v) is 8.24. The molecule has 2 aliphatic rings. The third-order valence-corrected chi connectivity index (χ3v) is 4.45. The maximum atomic E-state index is 12.4. The molecule has 1 N–H and O–H groups in total. The van der Waals surface area contributed by atoms with Crippen LogP contribution in [-0.2, 0) is 14.3 Å². The van der Waals surface area contributed by atoms with Crippen molar-refractivity contribution >= 4 is 11.8 Å². The molecular weight excluding hydrogens is 268 g/mol. The summed E-state index contributed by atoms with van der Waals surface area (Å²) in [6, 6.07) is -0.464. The highest BCUT2D eigenvalue weighted by atomic mass is 16.5. The van der Waals surface area contributed by atoms with E-state index in [1.54, 1.807) is 4.90 Å². The minimum atomic E-state index is -0.523. The van der Waals surface area contributed by atoms with E-state index in [4.69, 9.17) is 4.74 Å². The Balaban J connectivity index is 2.13. The van der Waals surface area contributed by atoms with Gasteiger partial charge in [0.25, 0.3) is 0 Å². The number of ether oxygens (including phenoxy) is 1.